The fourth-order valence-electron chi connectivity index (χ4n) is 1.57. The zero-order chi connectivity index (χ0) is 9.97. The Morgan fingerprint density at radius 3 is 2.47 bits per heavy atom. The van der Waals surface area contributed by atoms with Crippen molar-refractivity contribution in [3.8, 4) is 5.75 Å². The Kier molecular flexibility index (Phi) is 4.39. The van der Waals surface area contributed by atoms with Crippen LogP contribution in [0, 0.1) is 0 Å². The number of hydrogen-bond acceptors (Lipinski definition) is 3. The van der Waals surface area contributed by atoms with Crippen molar-refractivity contribution in [3.63, 3.8) is 0 Å². The highest BCUT2D eigenvalue weighted by atomic mass is 35.5. The Morgan fingerprint density at radius 1 is 1.33 bits per heavy atom. The van der Waals surface area contributed by atoms with E-state index in [0.717, 1.165) is 17.9 Å². The van der Waals surface area contributed by atoms with Crippen LogP contribution in [0.5, 0.6) is 5.75 Å². The molecule has 3 nitrogen and oxygen atoms in total. The third kappa shape index (κ3) is 2.84. The first-order valence-corrected chi connectivity index (χ1v) is 4.81. The Balaban J connectivity index is 0.00000112. The number of nitrogens with one attached hydrogen (secondary N) is 1. The van der Waals surface area contributed by atoms with Crippen molar-refractivity contribution >= 4 is 12.4 Å². The second-order valence-electron chi connectivity index (χ2n) is 3.55. The van der Waals surface area contributed by atoms with Gasteiger partial charge in [0.1, 0.15) is 12.0 Å². The van der Waals surface area contributed by atoms with E-state index in [1.54, 1.807) is 7.11 Å². The minimum absolute atomic E-state index is 0. The van der Waals surface area contributed by atoms with E-state index in [-0.39, 0.29) is 18.6 Å². The molecule has 0 amide bonds. The Bertz CT molecular complexity index is 302. The van der Waals surface area contributed by atoms with E-state index in [2.05, 4.69) is 12.2 Å². The summed E-state index contributed by atoms with van der Waals surface area (Å²) in [5.41, 5.74) is 1.15. The topological polar surface area (TPSA) is 30.5 Å². The fraction of sp³-hybridized carbons (Fsp3) is 0.455. The van der Waals surface area contributed by atoms with E-state index >= 15 is 0 Å². The van der Waals surface area contributed by atoms with E-state index in [1.165, 1.54) is 0 Å². The third-order valence-electron chi connectivity index (χ3n) is 2.37. The van der Waals surface area contributed by atoms with Crippen molar-refractivity contribution in [1.29, 1.82) is 0 Å². The second kappa shape index (κ2) is 5.35. The van der Waals surface area contributed by atoms with Crippen LogP contribution in [0.1, 0.15) is 18.7 Å². The number of benzene rings is 1. The van der Waals surface area contributed by atoms with Crippen molar-refractivity contribution in [2.24, 2.45) is 0 Å². The van der Waals surface area contributed by atoms with Gasteiger partial charge < -0.3 is 9.47 Å². The van der Waals surface area contributed by atoms with E-state index in [0.29, 0.717) is 6.04 Å². The van der Waals surface area contributed by atoms with Gasteiger partial charge in [-0.2, -0.15) is 0 Å². The molecule has 0 saturated carbocycles. The molecule has 2 rings (SSSR count). The van der Waals surface area contributed by atoms with Crippen LogP contribution in [0.15, 0.2) is 24.3 Å². The maximum Gasteiger partial charge on any atom is 0.134 e. The van der Waals surface area contributed by atoms with Gasteiger partial charge in [-0.3, -0.25) is 5.32 Å². The highest BCUT2D eigenvalue weighted by Crippen LogP contribution is 2.22. The van der Waals surface area contributed by atoms with Gasteiger partial charge in [0, 0.05) is 6.04 Å². The summed E-state index contributed by atoms with van der Waals surface area (Å²) in [6.07, 6.45) is 0.0379. The molecule has 1 aromatic rings. The number of methoxy groups -OCH3 is 1. The summed E-state index contributed by atoms with van der Waals surface area (Å²) in [6.45, 7) is 2.89. The average molecular weight is 230 g/mol. The van der Waals surface area contributed by atoms with Gasteiger partial charge in [-0.15, -0.1) is 12.4 Å². The molecule has 1 saturated heterocycles. The zero-order valence-electron chi connectivity index (χ0n) is 8.90. The number of hydrogen-bond donors (Lipinski definition) is 1. The largest absolute Gasteiger partial charge is 0.497 e. The molecule has 15 heavy (non-hydrogen) atoms. The predicted octanol–water partition coefficient (Wildman–Crippen LogP) is 2.12. The van der Waals surface area contributed by atoms with Crippen molar-refractivity contribution < 1.29 is 9.47 Å². The predicted molar refractivity (Wildman–Crippen MR) is 61.5 cm³/mol. The number of halogens is 1. The molecule has 1 aromatic carbocycles. The molecule has 1 fully saturated rings. The molecule has 1 aliphatic rings. The summed E-state index contributed by atoms with van der Waals surface area (Å²) in [5.74, 6) is 0.875. The highest BCUT2D eigenvalue weighted by Gasteiger charge is 2.21. The lowest BCUT2D eigenvalue weighted by Crippen LogP contribution is -2.22. The summed E-state index contributed by atoms with van der Waals surface area (Å²) < 4.78 is 10.7. The molecule has 1 heterocycles. The summed E-state index contributed by atoms with van der Waals surface area (Å²) >= 11 is 0. The first-order chi connectivity index (χ1) is 6.79. The third-order valence-corrected chi connectivity index (χ3v) is 2.37. The molecule has 0 aromatic heterocycles. The Labute approximate surface area is 96.2 Å². The van der Waals surface area contributed by atoms with Crippen LogP contribution < -0.4 is 10.1 Å². The lowest BCUT2D eigenvalue weighted by atomic mass is 10.2. The zero-order valence-corrected chi connectivity index (χ0v) is 9.71. The van der Waals surface area contributed by atoms with Crippen molar-refractivity contribution in [2.45, 2.75) is 19.2 Å². The summed E-state index contributed by atoms with van der Waals surface area (Å²) in [5, 5.41) is 3.34. The van der Waals surface area contributed by atoms with Gasteiger partial charge in [0.25, 0.3) is 0 Å². The van der Waals surface area contributed by atoms with Crippen molar-refractivity contribution in [1.82, 2.24) is 5.32 Å². The van der Waals surface area contributed by atoms with E-state index in [4.69, 9.17) is 9.47 Å². The monoisotopic (exact) mass is 229 g/mol. The van der Waals surface area contributed by atoms with E-state index < -0.39 is 0 Å². The van der Waals surface area contributed by atoms with E-state index in [9.17, 15) is 0 Å². The van der Waals surface area contributed by atoms with Gasteiger partial charge in [-0.05, 0) is 24.6 Å². The maximum absolute atomic E-state index is 5.57. The normalized spacial score (nSPS) is 24.7. The summed E-state index contributed by atoms with van der Waals surface area (Å²) in [4.78, 5) is 0. The van der Waals surface area contributed by atoms with Gasteiger partial charge in [-0.1, -0.05) is 12.1 Å². The van der Waals surface area contributed by atoms with Crippen LogP contribution in [-0.2, 0) is 4.74 Å². The molecule has 0 aliphatic carbocycles. The lowest BCUT2D eigenvalue weighted by Gasteiger charge is -2.11. The Morgan fingerprint density at radius 2 is 2.00 bits per heavy atom. The molecule has 1 N–H and O–H groups in total. The lowest BCUT2D eigenvalue weighted by molar-refractivity contribution is 0.101. The van der Waals surface area contributed by atoms with Gasteiger partial charge in [0.05, 0.1) is 13.7 Å². The molecule has 1 aliphatic heterocycles. The van der Waals surface area contributed by atoms with Gasteiger partial charge in [0.15, 0.2) is 0 Å². The van der Waals surface area contributed by atoms with Crippen LogP contribution in [0.4, 0.5) is 0 Å². The minimum Gasteiger partial charge on any atom is -0.497 e. The number of rotatable bonds is 2. The molecule has 0 bridgehead atoms. The molecule has 4 heteroatoms. The quantitative estimate of drug-likeness (QED) is 0.843. The number of ether oxygens (including phenoxy) is 2. The molecular formula is C11H16ClNO2. The van der Waals surface area contributed by atoms with Crippen LogP contribution in [-0.4, -0.2) is 19.8 Å². The molecule has 84 valence electrons. The van der Waals surface area contributed by atoms with Crippen molar-refractivity contribution in [2.75, 3.05) is 13.7 Å². The summed E-state index contributed by atoms with van der Waals surface area (Å²) in [6, 6.07) is 8.37. The Hall–Kier alpha value is -0.770. The standard InChI is InChI=1S/C11H15NO2.ClH/c1-8-7-14-11(12-8)9-3-5-10(13-2)6-4-9;/h3-6,8,11-12H,7H2,1-2H3;1H. The van der Waals surface area contributed by atoms with Crippen molar-refractivity contribution in [3.05, 3.63) is 29.8 Å². The van der Waals surface area contributed by atoms with Gasteiger partial charge in [0.2, 0.25) is 0 Å². The van der Waals surface area contributed by atoms with E-state index in [1.807, 2.05) is 24.3 Å². The molecule has 2 atom stereocenters. The van der Waals surface area contributed by atoms with Gasteiger partial charge in [-0.25, -0.2) is 0 Å². The molecule has 2 unspecified atom stereocenters. The molecule has 0 spiro atoms. The van der Waals surface area contributed by atoms with Crippen LogP contribution in [0.3, 0.4) is 0 Å². The maximum atomic E-state index is 5.57. The fourth-order valence-corrected chi connectivity index (χ4v) is 1.57. The highest BCUT2D eigenvalue weighted by molar-refractivity contribution is 5.85. The first-order valence-electron chi connectivity index (χ1n) is 4.81. The van der Waals surface area contributed by atoms with Crippen LogP contribution >= 0.6 is 12.4 Å². The SMILES string of the molecule is COc1ccc(C2NC(C)CO2)cc1.Cl. The summed E-state index contributed by atoms with van der Waals surface area (Å²) in [7, 11) is 1.67. The average Bonchev–Trinajstić information content (AvgIpc) is 2.65. The van der Waals surface area contributed by atoms with Gasteiger partial charge >= 0.3 is 0 Å². The minimum atomic E-state index is 0. The molecule has 0 radical (unpaired) electrons. The first kappa shape index (κ1) is 12.3. The second-order valence-corrected chi connectivity index (χ2v) is 3.55. The van der Waals surface area contributed by atoms with Crippen LogP contribution in [0.25, 0.3) is 0 Å². The molecular weight excluding hydrogens is 214 g/mol. The smallest absolute Gasteiger partial charge is 0.134 e. The van der Waals surface area contributed by atoms with Crippen LogP contribution in [0.2, 0.25) is 0 Å².